The molecule has 4 rings (SSSR count). The first kappa shape index (κ1) is 19.4. The van der Waals surface area contributed by atoms with E-state index in [4.69, 9.17) is 4.74 Å². The molecule has 0 aliphatic carbocycles. The number of aryl methyl sites for hydroxylation is 1. The van der Waals surface area contributed by atoms with Crippen molar-refractivity contribution >= 4 is 32.8 Å². The molecular formula is C19H22N4O3S2. The van der Waals surface area contributed by atoms with E-state index in [1.54, 1.807) is 18.2 Å². The zero-order valence-electron chi connectivity index (χ0n) is 15.5. The molecule has 1 aliphatic heterocycles. The minimum atomic E-state index is -3.77. The number of hydrogen-bond acceptors (Lipinski definition) is 7. The van der Waals surface area contributed by atoms with Crippen LogP contribution in [0.3, 0.4) is 0 Å². The van der Waals surface area contributed by atoms with Crippen LogP contribution in [0.4, 0.5) is 0 Å². The highest BCUT2D eigenvalue weighted by atomic mass is 32.2. The standard InChI is InChI=1S/C19H22N4O3S2/c1-14-5-7-15(8-6-14)17(13-23-9-11-26-12-10-23)22-28(24,25)18-4-2-3-16-19(18)21-27-20-16/h2-8,17,22H,9-13H2,1H3. The van der Waals surface area contributed by atoms with Gasteiger partial charge in [0.05, 0.1) is 31.0 Å². The van der Waals surface area contributed by atoms with Crippen LogP contribution in [-0.2, 0) is 14.8 Å². The molecule has 1 saturated heterocycles. The van der Waals surface area contributed by atoms with Crippen molar-refractivity contribution in [1.82, 2.24) is 18.4 Å². The number of sulfonamides is 1. The third-order valence-corrected chi connectivity index (χ3v) is 6.91. The van der Waals surface area contributed by atoms with Crippen LogP contribution in [0.5, 0.6) is 0 Å². The van der Waals surface area contributed by atoms with Crippen molar-refractivity contribution in [3.05, 3.63) is 53.6 Å². The first-order valence-corrected chi connectivity index (χ1v) is 11.3. The van der Waals surface area contributed by atoms with Crippen molar-refractivity contribution in [2.45, 2.75) is 17.9 Å². The number of fused-ring (bicyclic) bond motifs is 1. The lowest BCUT2D eigenvalue weighted by molar-refractivity contribution is 0.0345. The molecular weight excluding hydrogens is 396 g/mol. The van der Waals surface area contributed by atoms with Crippen LogP contribution in [0.1, 0.15) is 17.2 Å². The van der Waals surface area contributed by atoms with Gasteiger partial charge in [-0.25, -0.2) is 13.1 Å². The highest BCUT2D eigenvalue weighted by Crippen LogP contribution is 2.24. The van der Waals surface area contributed by atoms with Gasteiger partial charge in [-0.15, -0.1) is 0 Å². The van der Waals surface area contributed by atoms with Gasteiger partial charge in [-0.05, 0) is 24.6 Å². The lowest BCUT2D eigenvalue weighted by Crippen LogP contribution is -2.43. The maximum atomic E-state index is 13.2. The fourth-order valence-corrected chi connectivity index (χ4v) is 5.28. The Balaban J connectivity index is 1.65. The quantitative estimate of drug-likeness (QED) is 0.662. The number of ether oxygens (including phenoxy) is 1. The van der Waals surface area contributed by atoms with Crippen molar-refractivity contribution in [2.24, 2.45) is 0 Å². The second-order valence-corrected chi connectivity index (χ2v) is 9.10. The smallest absolute Gasteiger partial charge is 0.243 e. The van der Waals surface area contributed by atoms with E-state index in [1.807, 2.05) is 31.2 Å². The third-order valence-electron chi connectivity index (χ3n) is 4.86. The monoisotopic (exact) mass is 418 g/mol. The van der Waals surface area contributed by atoms with E-state index in [0.717, 1.165) is 35.9 Å². The summed E-state index contributed by atoms with van der Waals surface area (Å²) in [4.78, 5) is 2.39. The van der Waals surface area contributed by atoms with E-state index in [1.165, 1.54) is 0 Å². The Morgan fingerprint density at radius 1 is 1.14 bits per heavy atom. The molecule has 7 nitrogen and oxygen atoms in total. The highest BCUT2D eigenvalue weighted by molar-refractivity contribution is 7.89. The Morgan fingerprint density at radius 3 is 2.64 bits per heavy atom. The number of nitrogens with zero attached hydrogens (tertiary/aromatic N) is 3. The van der Waals surface area contributed by atoms with E-state index in [-0.39, 0.29) is 10.9 Å². The number of nitrogens with one attached hydrogen (secondary N) is 1. The average molecular weight is 419 g/mol. The summed E-state index contributed by atoms with van der Waals surface area (Å²) in [5.74, 6) is 0. The molecule has 1 aromatic heterocycles. The maximum Gasteiger partial charge on any atom is 0.243 e. The molecule has 3 aromatic rings. The Kier molecular flexibility index (Phi) is 5.70. The van der Waals surface area contributed by atoms with E-state index in [0.29, 0.717) is 30.8 Å². The SMILES string of the molecule is Cc1ccc(C(CN2CCOCC2)NS(=O)(=O)c2cccc3nsnc23)cc1. The van der Waals surface area contributed by atoms with Crippen molar-refractivity contribution in [3.8, 4) is 0 Å². The van der Waals surface area contributed by atoms with Crippen LogP contribution < -0.4 is 4.72 Å². The van der Waals surface area contributed by atoms with Crippen molar-refractivity contribution in [3.63, 3.8) is 0 Å². The van der Waals surface area contributed by atoms with Gasteiger partial charge in [-0.1, -0.05) is 35.9 Å². The summed E-state index contributed by atoms with van der Waals surface area (Å²) < 4.78 is 43.1. The maximum absolute atomic E-state index is 13.2. The van der Waals surface area contributed by atoms with Crippen molar-refractivity contribution < 1.29 is 13.2 Å². The Labute approximate surface area is 168 Å². The third kappa shape index (κ3) is 4.23. The van der Waals surface area contributed by atoms with Crippen LogP contribution in [0, 0.1) is 6.92 Å². The van der Waals surface area contributed by atoms with Gasteiger partial charge < -0.3 is 4.74 Å². The average Bonchev–Trinajstić information content (AvgIpc) is 3.17. The molecule has 0 amide bonds. The molecule has 0 radical (unpaired) electrons. The summed E-state index contributed by atoms with van der Waals surface area (Å²) in [5.41, 5.74) is 3.07. The molecule has 148 valence electrons. The molecule has 0 spiro atoms. The van der Waals surface area contributed by atoms with E-state index < -0.39 is 10.0 Å². The summed E-state index contributed by atoms with van der Waals surface area (Å²) in [6.45, 7) is 5.50. The molecule has 1 atom stereocenters. The fourth-order valence-electron chi connectivity index (χ4n) is 3.30. The van der Waals surface area contributed by atoms with Crippen LogP contribution in [-0.4, -0.2) is 54.9 Å². The van der Waals surface area contributed by atoms with E-state index >= 15 is 0 Å². The van der Waals surface area contributed by atoms with E-state index in [2.05, 4.69) is 18.4 Å². The van der Waals surface area contributed by atoms with Gasteiger partial charge in [0.2, 0.25) is 10.0 Å². The number of hydrogen-bond donors (Lipinski definition) is 1. The zero-order chi connectivity index (χ0) is 19.6. The summed E-state index contributed by atoms with van der Waals surface area (Å²) in [5, 5.41) is 0. The predicted molar refractivity (Wildman–Crippen MR) is 109 cm³/mol. The zero-order valence-corrected chi connectivity index (χ0v) is 17.2. The second kappa shape index (κ2) is 8.22. The molecule has 2 heterocycles. The minimum absolute atomic E-state index is 0.165. The van der Waals surface area contributed by atoms with Gasteiger partial charge in [0, 0.05) is 19.6 Å². The number of rotatable bonds is 6. The molecule has 28 heavy (non-hydrogen) atoms. The van der Waals surface area contributed by atoms with Crippen molar-refractivity contribution in [1.29, 1.82) is 0 Å². The number of morpholine rings is 1. The number of aromatic nitrogens is 2. The summed E-state index contributed by atoms with van der Waals surface area (Å²) in [6.07, 6.45) is 0. The first-order valence-electron chi connectivity index (χ1n) is 9.13. The van der Waals surface area contributed by atoms with Gasteiger partial charge in [-0.3, -0.25) is 4.90 Å². The van der Waals surface area contributed by atoms with Crippen molar-refractivity contribution in [2.75, 3.05) is 32.8 Å². The largest absolute Gasteiger partial charge is 0.379 e. The predicted octanol–water partition coefficient (Wildman–Crippen LogP) is 2.35. The summed E-state index contributed by atoms with van der Waals surface area (Å²) >= 11 is 1.01. The van der Waals surface area contributed by atoms with Crippen LogP contribution in [0.15, 0.2) is 47.4 Å². The lowest BCUT2D eigenvalue weighted by Gasteiger charge is -2.31. The van der Waals surface area contributed by atoms with Gasteiger partial charge in [-0.2, -0.15) is 8.75 Å². The van der Waals surface area contributed by atoms with Crippen LogP contribution in [0.25, 0.3) is 11.0 Å². The van der Waals surface area contributed by atoms with E-state index in [9.17, 15) is 8.42 Å². The highest BCUT2D eigenvalue weighted by Gasteiger charge is 2.26. The minimum Gasteiger partial charge on any atom is -0.379 e. The normalized spacial score (nSPS) is 17.0. The molecule has 1 aliphatic rings. The lowest BCUT2D eigenvalue weighted by atomic mass is 10.1. The van der Waals surface area contributed by atoms with Gasteiger partial charge in [0.1, 0.15) is 15.9 Å². The van der Waals surface area contributed by atoms with Crippen LogP contribution in [0.2, 0.25) is 0 Å². The van der Waals surface area contributed by atoms with Gasteiger partial charge in [0.15, 0.2) is 0 Å². The summed E-state index contributed by atoms with van der Waals surface area (Å²) in [6, 6.07) is 12.6. The number of benzene rings is 2. The van der Waals surface area contributed by atoms with Gasteiger partial charge in [0.25, 0.3) is 0 Å². The summed E-state index contributed by atoms with van der Waals surface area (Å²) in [7, 11) is -3.77. The Bertz CT molecular complexity index is 1040. The second-order valence-electron chi connectivity index (χ2n) is 6.89. The topological polar surface area (TPSA) is 84.4 Å². The Hall–Kier alpha value is -1.91. The Morgan fingerprint density at radius 2 is 1.89 bits per heavy atom. The molecule has 9 heteroatoms. The molecule has 0 saturated carbocycles. The fraction of sp³-hybridized carbons (Fsp3) is 0.368. The molecule has 0 bridgehead atoms. The molecule has 1 fully saturated rings. The molecule has 1 unspecified atom stereocenters. The van der Waals surface area contributed by atoms with Crippen LogP contribution >= 0.6 is 11.7 Å². The first-order chi connectivity index (χ1) is 13.5. The molecule has 1 N–H and O–H groups in total. The molecule has 2 aromatic carbocycles. The van der Waals surface area contributed by atoms with Gasteiger partial charge >= 0.3 is 0 Å².